The van der Waals surface area contributed by atoms with Crippen LogP contribution in [0.25, 0.3) is 11.1 Å². The van der Waals surface area contributed by atoms with E-state index in [4.69, 9.17) is 15.9 Å². The molecule has 31 heavy (non-hydrogen) atoms. The number of amides is 1. The van der Waals surface area contributed by atoms with E-state index in [0.717, 1.165) is 37.1 Å². The first-order valence-corrected chi connectivity index (χ1v) is 10.2. The number of nitrogens with zero attached hydrogens (tertiary/aromatic N) is 3. The molecule has 0 bridgehead atoms. The van der Waals surface area contributed by atoms with E-state index in [1.165, 1.54) is 0 Å². The lowest BCUT2D eigenvalue weighted by Gasteiger charge is -2.20. The van der Waals surface area contributed by atoms with E-state index in [1.54, 1.807) is 45.3 Å². The summed E-state index contributed by atoms with van der Waals surface area (Å²) in [4.78, 5) is 34.7. The first-order chi connectivity index (χ1) is 14.6. The average molecular weight is 425 g/mol. The third-order valence-corrected chi connectivity index (χ3v) is 4.74. The van der Waals surface area contributed by atoms with Gasteiger partial charge in [0.2, 0.25) is 5.95 Å². The molecule has 0 spiro atoms. The first-order valence-electron chi connectivity index (χ1n) is 10.2. The number of aromatic nitrogens is 2. The Hall–Kier alpha value is -3.49. The number of anilines is 2. The summed E-state index contributed by atoms with van der Waals surface area (Å²) in [5.74, 6) is -0.612. The van der Waals surface area contributed by atoms with Crippen molar-refractivity contribution in [2.75, 3.05) is 29.9 Å². The molecule has 1 saturated heterocycles. The third-order valence-electron chi connectivity index (χ3n) is 4.74. The van der Waals surface area contributed by atoms with Gasteiger partial charge in [-0.25, -0.2) is 9.97 Å². The SMILES string of the molecule is CC(C)(C)OC(=O)CNc1ccc(-c2cnc(N3CCCC3)nc2)cc1C(=N)C(N)=O. The van der Waals surface area contributed by atoms with Gasteiger partial charge in [0.1, 0.15) is 17.9 Å². The van der Waals surface area contributed by atoms with Crippen LogP contribution in [0.4, 0.5) is 11.6 Å². The maximum atomic E-state index is 12.0. The van der Waals surface area contributed by atoms with E-state index in [2.05, 4.69) is 20.2 Å². The average Bonchev–Trinajstić information content (AvgIpc) is 3.25. The molecule has 0 unspecified atom stereocenters. The molecule has 9 nitrogen and oxygen atoms in total. The van der Waals surface area contributed by atoms with Crippen LogP contribution in [0.15, 0.2) is 30.6 Å². The van der Waals surface area contributed by atoms with E-state index in [9.17, 15) is 9.59 Å². The highest BCUT2D eigenvalue weighted by atomic mass is 16.6. The second-order valence-corrected chi connectivity index (χ2v) is 8.41. The van der Waals surface area contributed by atoms with Gasteiger partial charge in [-0.2, -0.15) is 0 Å². The summed E-state index contributed by atoms with van der Waals surface area (Å²) in [5, 5.41) is 11.0. The van der Waals surface area contributed by atoms with Crippen molar-refractivity contribution in [3.05, 3.63) is 36.2 Å². The molecule has 1 aliphatic heterocycles. The number of ether oxygens (including phenoxy) is 1. The number of rotatable bonds is 7. The van der Waals surface area contributed by atoms with Gasteiger partial charge < -0.3 is 20.7 Å². The molecular weight excluding hydrogens is 396 g/mol. The number of hydrogen-bond donors (Lipinski definition) is 3. The normalized spacial score (nSPS) is 13.7. The summed E-state index contributed by atoms with van der Waals surface area (Å²) in [6.45, 7) is 7.15. The van der Waals surface area contributed by atoms with Crippen LogP contribution in [0.1, 0.15) is 39.2 Å². The first kappa shape index (κ1) is 22.2. The zero-order chi connectivity index (χ0) is 22.6. The Morgan fingerprint density at radius 3 is 2.39 bits per heavy atom. The van der Waals surface area contributed by atoms with E-state index >= 15 is 0 Å². The minimum atomic E-state index is -0.863. The van der Waals surface area contributed by atoms with Crippen LogP contribution >= 0.6 is 0 Å². The van der Waals surface area contributed by atoms with Crippen LogP contribution in [0, 0.1) is 5.41 Å². The van der Waals surface area contributed by atoms with Crippen molar-refractivity contribution in [2.24, 2.45) is 5.73 Å². The third kappa shape index (κ3) is 5.78. The van der Waals surface area contributed by atoms with Crippen molar-refractivity contribution in [1.82, 2.24) is 9.97 Å². The van der Waals surface area contributed by atoms with Gasteiger partial charge in [0, 0.05) is 42.3 Å². The maximum absolute atomic E-state index is 12.0. The van der Waals surface area contributed by atoms with Crippen LogP contribution in [0.5, 0.6) is 0 Å². The molecule has 1 aromatic heterocycles. The fourth-order valence-corrected chi connectivity index (χ4v) is 3.31. The molecule has 0 saturated carbocycles. The minimum absolute atomic E-state index is 0.108. The number of carbonyl (C=O) groups is 2. The summed E-state index contributed by atoms with van der Waals surface area (Å²) in [7, 11) is 0. The van der Waals surface area contributed by atoms with Crippen molar-refractivity contribution in [3.63, 3.8) is 0 Å². The Morgan fingerprint density at radius 2 is 1.81 bits per heavy atom. The van der Waals surface area contributed by atoms with Crippen LogP contribution in [-0.4, -0.2) is 52.8 Å². The van der Waals surface area contributed by atoms with Crippen LogP contribution < -0.4 is 16.0 Å². The van der Waals surface area contributed by atoms with Gasteiger partial charge in [0.25, 0.3) is 5.91 Å². The van der Waals surface area contributed by atoms with Crippen molar-refractivity contribution >= 4 is 29.2 Å². The lowest BCUT2D eigenvalue weighted by molar-refractivity contribution is -0.152. The summed E-state index contributed by atoms with van der Waals surface area (Å²) in [6.07, 6.45) is 5.73. The van der Waals surface area contributed by atoms with E-state index in [1.807, 2.05) is 6.07 Å². The smallest absolute Gasteiger partial charge is 0.325 e. The zero-order valence-corrected chi connectivity index (χ0v) is 18.1. The van der Waals surface area contributed by atoms with Gasteiger partial charge in [-0.05, 0) is 51.3 Å². The van der Waals surface area contributed by atoms with Gasteiger partial charge in [0.15, 0.2) is 0 Å². The number of primary amides is 1. The summed E-state index contributed by atoms with van der Waals surface area (Å²) < 4.78 is 5.29. The van der Waals surface area contributed by atoms with Gasteiger partial charge >= 0.3 is 5.97 Å². The van der Waals surface area contributed by atoms with E-state index < -0.39 is 17.5 Å². The molecule has 1 fully saturated rings. The molecule has 0 radical (unpaired) electrons. The number of carbonyl (C=O) groups excluding carboxylic acids is 2. The van der Waals surface area contributed by atoms with Gasteiger partial charge in [-0.15, -0.1) is 0 Å². The Bertz CT molecular complexity index is 976. The summed E-state index contributed by atoms with van der Waals surface area (Å²) in [6, 6.07) is 5.17. The molecule has 3 rings (SSSR count). The molecule has 9 heteroatoms. The van der Waals surface area contributed by atoms with Crippen molar-refractivity contribution in [2.45, 2.75) is 39.2 Å². The lowest BCUT2D eigenvalue weighted by atomic mass is 10.0. The molecule has 1 aromatic carbocycles. The highest BCUT2D eigenvalue weighted by molar-refractivity contribution is 6.44. The quantitative estimate of drug-likeness (QED) is 0.459. The second kappa shape index (κ2) is 9.11. The second-order valence-electron chi connectivity index (χ2n) is 8.41. The fraction of sp³-hybridized carbons (Fsp3) is 0.409. The molecule has 1 amide bonds. The predicted octanol–water partition coefficient (Wildman–Crippen LogP) is 2.35. The molecule has 4 N–H and O–H groups in total. The Morgan fingerprint density at radius 1 is 1.16 bits per heavy atom. The number of hydrogen-bond acceptors (Lipinski definition) is 8. The minimum Gasteiger partial charge on any atom is -0.459 e. The molecule has 2 heterocycles. The molecular formula is C22H28N6O3. The lowest BCUT2D eigenvalue weighted by Crippen LogP contribution is -2.29. The van der Waals surface area contributed by atoms with Gasteiger partial charge in [0.05, 0.1) is 0 Å². The Labute approximate surface area is 181 Å². The maximum Gasteiger partial charge on any atom is 0.325 e. The number of benzene rings is 1. The molecule has 2 aromatic rings. The fourth-order valence-electron chi connectivity index (χ4n) is 3.31. The van der Waals surface area contributed by atoms with E-state index in [-0.39, 0.29) is 17.8 Å². The van der Waals surface area contributed by atoms with Gasteiger partial charge in [-0.1, -0.05) is 6.07 Å². The zero-order valence-electron chi connectivity index (χ0n) is 18.1. The number of nitrogens with two attached hydrogens (primary N) is 1. The van der Waals surface area contributed by atoms with Crippen LogP contribution in [0.2, 0.25) is 0 Å². The molecule has 0 atom stereocenters. The number of esters is 1. The summed E-state index contributed by atoms with van der Waals surface area (Å²) in [5.41, 5.74) is 6.59. The summed E-state index contributed by atoms with van der Waals surface area (Å²) >= 11 is 0. The standard InChI is InChI=1S/C22H28N6O3/c1-22(2,3)31-18(29)13-25-17-7-6-14(10-16(17)19(23)20(24)30)15-11-26-21(27-12-15)28-8-4-5-9-28/h6-7,10-12,23,25H,4-5,8-9,13H2,1-3H3,(H2,24,30). The largest absolute Gasteiger partial charge is 0.459 e. The van der Waals surface area contributed by atoms with Gasteiger partial charge in [-0.3, -0.25) is 15.0 Å². The predicted molar refractivity (Wildman–Crippen MR) is 119 cm³/mol. The molecule has 0 aliphatic carbocycles. The van der Waals surface area contributed by atoms with Crippen LogP contribution in [0.3, 0.4) is 0 Å². The Balaban J connectivity index is 1.83. The Kier molecular flexibility index (Phi) is 6.53. The highest BCUT2D eigenvalue weighted by Crippen LogP contribution is 2.26. The molecule has 1 aliphatic rings. The van der Waals surface area contributed by atoms with Crippen molar-refractivity contribution in [3.8, 4) is 11.1 Å². The van der Waals surface area contributed by atoms with Crippen molar-refractivity contribution in [1.29, 1.82) is 5.41 Å². The van der Waals surface area contributed by atoms with Crippen molar-refractivity contribution < 1.29 is 14.3 Å². The monoisotopic (exact) mass is 424 g/mol. The number of nitrogens with one attached hydrogen (secondary N) is 2. The molecule has 164 valence electrons. The van der Waals surface area contributed by atoms with E-state index in [0.29, 0.717) is 11.6 Å². The highest BCUT2D eigenvalue weighted by Gasteiger charge is 2.19. The topological polar surface area (TPSA) is 134 Å². The van der Waals surface area contributed by atoms with Crippen LogP contribution in [-0.2, 0) is 14.3 Å².